The third-order valence-corrected chi connectivity index (χ3v) is 5.32. The maximum absolute atomic E-state index is 12.1. The molecule has 2 aromatic rings. The SMILES string of the molecule is Cc1ncsc1CCOC(=O)c1ccc2c(c1)NC(=O)CS2. The van der Waals surface area contributed by atoms with Crippen LogP contribution >= 0.6 is 23.1 Å². The number of esters is 1. The molecule has 0 spiro atoms. The van der Waals surface area contributed by atoms with Gasteiger partial charge in [0.25, 0.3) is 0 Å². The lowest BCUT2D eigenvalue weighted by atomic mass is 10.2. The first kappa shape index (κ1) is 15.1. The summed E-state index contributed by atoms with van der Waals surface area (Å²) in [5, 5.41) is 2.77. The van der Waals surface area contributed by atoms with Crippen molar-refractivity contribution in [1.29, 1.82) is 0 Å². The summed E-state index contributed by atoms with van der Waals surface area (Å²) in [5.41, 5.74) is 3.89. The first-order valence-corrected chi connectivity index (χ1v) is 8.63. The van der Waals surface area contributed by atoms with Gasteiger partial charge in [-0.3, -0.25) is 4.79 Å². The summed E-state index contributed by atoms with van der Waals surface area (Å²) < 4.78 is 5.29. The van der Waals surface area contributed by atoms with Crippen LogP contribution in [0, 0.1) is 6.92 Å². The molecule has 0 unspecified atom stereocenters. The minimum Gasteiger partial charge on any atom is -0.462 e. The Morgan fingerprint density at radius 3 is 3.09 bits per heavy atom. The number of carbonyl (C=O) groups excluding carboxylic acids is 2. The van der Waals surface area contributed by atoms with Crippen molar-refractivity contribution in [3.8, 4) is 0 Å². The van der Waals surface area contributed by atoms with Gasteiger partial charge in [0, 0.05) is 16.2 Å². The summed E-state index contributed by atoms with van der Waals surface area (Å²) in [4.78, 5) is 29.7. The van der Waals surface area contributed by atoms with E-state index in [2.05, 4.69) is 10.3 Å². The minimum absolute atomic E-state index is 0.0521. The lowest BCUT2D eigenvalue weighted by Gasteiger charge is -2.16. The second-order valence-corrected chi connectivity index (χ2v) is 6.75. The van der Waals surface area contributed by atoms with Gasteiger partial charge in [0.2, 0.25) is 5.91 Å². The zero-order valence-corrected chi connectivity index (χ0v) is 13.6. The highest BCUT2D eigenvalue weighted by atomic mass is 32.2. The maximum Gasteiger partial charge on any atom is 0.338 e. The standard InChI is InChI=1S/C15H14N2O3S2/c1-9-12(22-8-16-9)4-5-20-15(19)10-2-3-13-11(6-10)17-14(18)7-21-13/h2-3,6,8H,4-5,7H2,1H3,(H,17,18). The Kier molecular flexibility index (Phi) is 4.44. The number of nitrogens with zero attached hydrogens (tertiary/aromatic N) is 1. The fourth-order valence-electron chi connectivity index (χ4n) is 2.10. The summed E-state index contributed by atoms with van der Waals surface area (Å²) in [5.74, 6) is -0.0242. The molecule has 3 rings (SSSR count). The van der Waals surface area contributed by atoms with Crippen LogP contribution in [0.25, 0.3) is 0 Å². The number of hydrogen-bond donors (Lipinski definition) is 1. The lowest BCUT2D eigenvalue weighted by Crippen LogP contribution is -2.19. The Hall–Kier alpha value is -1.86. The van der Waals surface area contributed by atoms with Crippen molar-refractivity contribution in [2.75, 3.05) is 17.7 Å². The number of benzene rings is 1. The molecule has 22 heavy (non-hydrogen) atoms. The van der Waals surface area contributed by atoms with Gasteiger partial charge < -0.3 is 10.1 Å². The monoisotopic (exact) mass is 334 g/mol. The number of carbonyl (C=O) groups is 2. The maximum atomic E-state index is 12.1. The van der Waals surface area contributed by atoms with Crippen LogP contribution < -0.4 is 5.32 Å². The smallest absolute Gasteiger partial charge is 0.338 e. The highest BCUT2D eigenvalue weighted by molar-refractivity contribution is 8.00. The van der Waals surface area contributed by atoms with Crippen molar-refractivity contribution >= 4 is 40.7 Å². The van der Waals surface area contributed by atoms with Crippen LogP contribution in [-0.4, -0.2) is 29.2 Å². The number of anilines is 1. The van der Waals surface area contributed by atoms with Gasteiger partial charge in [-0.1, -0.05) is 0 Å². The Balaban J connectivity index is 1.61. The Morgan fingerprint density at radius 1 is 1.45 bits per heavy atom. The van der Waals surface area contributed by atoms with E-state index in [4.69, 9.17) is 4.74 Å². The number of hydrogen-bond acceptors (Lipinski definition) is 6. The van der Waals surface area contributed by atoms with Gasteiger partial charge in [-0.2, -0.15) is 0 Å². The summed E-state index contributed by atoms with van der Waals surface area (Å²) >= 11 is 3.03. The molecule has 0 radical (unpaired) electrons. The lowest BCUT2D eigenvalue weighted by molar-refractivity contribution is -0.113. The van der Waals surface area contributed by atoms with Gasteiger partial charge in [0.1, 0.15) is 0 Å². The highest BCUT2D eigenvalue weighted by Crippen LogP contribution is 2.32. The second kappa shape index (κ2) is 6.50. The predicted molar refractivity (Wildman–Crippen MR) is 86.6 cm³/mol. The molecular formula is C15H14N2O3S2. The van der Waals surface area contributed by atoms with Crippen LogP contribution in [0.1, 0.15) is 20.9 Å². The molecule has 0 fully saturated rings. The van der Waals surface area contributed by atoms with Crippen LogP contribution in [0.2, 0.25) is 0 Å². The van der Waals surface area contributed by atoms with Gasteiger partial charge in [-0.25, -0.2) is 9.78 Å². The molecule has 0 bridgehead atoms. The molecule has 0 saturated heterocycles. The molecule has 2 heterocycles. The molecule has 1 amide bonds. The van der Waals surface area contributed by atoms with E-state index in [9.17, 15) is 9.59 Å². The number of thioether (sulfide) groups is 1. The van der Waals surface area contributed by atoms with E-state index in [1.807, 2.05) is 13.0 Å². The van der Waals surface area contributed by atoms with Gasteiger partial charge in [-0.15, -0.1) is 23.1 Å². The molecule has 1 aromatic heterocycles. The van der Waals surface area contributed by atoms with E-state index < -0.39 is 0 Å². The summed E-state index contributed by atoms with van der Waals surface area (Å²) in [7, 11) is 0. The molecule has 0 saturated carbocycles. The van der Waals surface area contributed by atoms with Gasteiger partial charge in [-0.05, 0) is 25.1 Å². The number of amides is 1. The van der Waals surface area contributed by atoms with Crippen LogP contribution in [0.4, 0.5) is 5.69 Å². The van der Waals surface area contributed by atoms with Crippen molar-refractivity contribution in [2.24, 2.45) is 0 Å². The first-order valence-electron chi connectivity index (χ1n) is 6.76. The second-order valence-electron chi connectivity index (χ2n) is 4.79. The van der Waals surface area contributed by atoms with E-state index in [0.717, 1.165) is 15.5 Å². The first-order chi connectivity index (χ1) is 10.6. The molecule has 1 N–H and O–H groups in total. The van der Waals surface area contributed by atoms with E-state index in [1.165, 1.54) is 11.8 Å². The fourth-order valence-corrected chi connectivity index (χ4v) is 3.65. The third-order valence-electron chi connectivity index (χ3n) is 3.26. The number of aryl methyl sites for hydroxylation is 1. The predicted octanol–water partition coefficient (Wildman–Crippen LogP) is 2.90. The molecule has 1 aromatic carbocycles. The highest BCUT2D eigenvalue weighted by Gasteiger charge is 2.17. The number of aromatic nitrogens is 1. The normalized spacial score (nSPS) is 13.4. The minimum atomic E-state index is -0.380. The fraction of sp³-hybridized carbons (Fsp3) is 0.267. The largest absolute Gasteiger partial charge is 0.462 e. The Morgan fingerprint density at radius 2 is 2.32 bits per heavy atom. The molecule has 7 heteroatoms. The molecule has 0 aliphatic carbocycles. The van der Waals surface area contributed by atoms with E-state index >= 15 is 0 Å². The Bertz CT molecular complexity index is 727. The van der Waals surface area contributed by atoms with Crippen molar-refractivity contribution in [1.82, 2.24) is 4.98 Å². The van der Waals surface area contributed by atoms with E-state index in [-0.39, 0.29) is 11.9 Å². The molecule has 114 valence electrons. The average molecular weight is 334 g/mol. The quantitative estimate of drug-likeness (QED) is 0.871. The van der Waals surface area contributed by atoms with Crippen molar-refractivity contribution in [2.45, 2.75) is 18.2 Å². The number of ether oxygens (including phenoxy) is 1. The van der Waals surface area contributed by atoms with Crippen molar-refractivity contribution < 1.29 is 14.3 Å². The van der Waals surface area contributed by atoms with E-state index in [0.29, 0.717) is 30.0 Å². The summed E-state index contributed by atoms with van der Waals surface area (Å²) in [6, 6.07) is 5.23. The number of nitrogens with one attached hydrogen (secondary N) is 1. The van der Waals surface area contributed by atoms with Gasteiger partial charge in [0.15, 0.2) is 0 Å². The van der Waals surface area contributed by atoms with E-state index in [1.54, 1.807) is 29.0 Å². The zero-order valence-electron chi connectivity index (χ0n) is 11.9. The topological polar surface area (TPSA) is 68.3 Å². The molecule has 1 aliphatic rings. The third kappa shape index (κ3) is 3.31. The van der Waals surface area contributed by atoms with Crippen LogP contribution in [0.5, 0.6) is 0 Å². The number of rotatable bonds is 4. The van der Waals surface area contributed by atoms with Crippen molar-refractivity contribution in [3.05, 3.63) is 39.8 Å². The van der Waals surface area contributed by atoms with Crippen LogP contribution in [-0.2, 0) is 16.0 Å². The molecular weight excluding hydrogens is 320 g/mol. The van der Waals surface area contributed by atoms with Gasteiger partial charge in [0.05, 0.1) is 34.8 Å². The molecule has 1 aliphatic heterocycles. The molecule has 5 nitrogen and oxygen atoms in total. The summed E-state index contributed by atoms with van der Waals surface area (Å²) in [6.45, 7) is 2.26. The number of thiazole rings is 1. The van der Waals surface area contributed by atoms with Crippen molar-refractivity contribution in [3.63, 3.8) is 0 Å². The van der Waals surface area contributed by atoms with Gasteiger partial charge >= 0.3 is 5.97 Å². The zero-order chi connectivity index (χ0) is 15.5. The number of fused-ring (bicyclic) bond motifs is 1. The molecule has 0 atom stereocenters. The Labute approximate surface area is 136 Å². The van der Waals surface area contributed by atoms with Crippen LogP contribution in [0.15, 0.2) is 28.6 Å². The summed E-state index contributed by atoms with van der Waals surface area (Å²) in [6.07, 6.45) is 0.666. The van der Waals surface area contributed by atoms with Crippen LogP contribution in [0.3, 0.4) is 0 Å². The average Bonchev–Trinajstić information content (AvgIpc) is 2.91.